The van der Waals surface area contributed by atoms with Crippen molar-refractivity contribution in [1.29, 1.82) is 0 Å². The summed E-state index contributed by atoms with van der Waals surface area (Å²) in [4.78, 5) is 0. The third kappa shape index (κ3) is 4.12. The molecule has 3 aromatic carbocycles. The molecule has 0 bridgehead atoms. The zero-order valence-corrected chi connectivity index (χ0v) is 18.3. The molecule has 4 rings (SSSR count). The van der Waals surface area contributed by atoms with Gasteiger partial charge >= 0.3 is 159 Å². The molecule has 0 N–H and O–H groups in total. The van der Waals surface area contributed by atoms with Crippen LogP contribution >= 0.6 is 24.8 Å². The first kappa shape index (κ1) is 20.9. The summed E-state index contributed by atoms with van der Waals surface area (Å²) in [5.74, 6) is 0. The summed E-state index contributed by atoms with van der Waals surface area (Å²) in [6.45, 7) is 0. The molecule has 0 spiro atoms. The van der Waals surface area contributed by atoms with Gasteiger partial charge in [-0.25, -0.2) is 0 Å². The second-order valence-corrected chi connectivity index (χ2v) is 7.47. The van der Waals surface area contributed by atoms with E-state index in [2.05, 4.69) is 91.0 Å². The number of rotatable bonds is 3. The number of hydrogen-bond donors (Lipinski definition) is 0. The van der Waals surface area contributed by atoms with Gasteiger partial charge in [-0.2, -0.15) is 0 Å². The third-order valence-electron chi connectivity index (χ3n) is 4.45. The predicted octanol–water partition coefficient (Wildman–Crippen LogP) is 6.80. The summed E-state index contributed by atoms with van der Waals surface area (Å²) in [7, 11) is 0. The summed E-state index contributed by atoms with van der Waals surface area (Å²) < 4.78 is 1.53. The zero-order chi connectivity index (χ0) is 16.4. The molecule has 1 aliphatic rings. The average Bonchev–Trinajstić information content (AvgIpc) is 3.01. The minimum atomic E-state index is 0. The van der Waals surface area contributed by atoms with Gasteiger partial charge in [-0.05, 0) is 0 Å². The monoisotopic (exact) mass is 455 g/mol. The Morgan fingerprint density at radius 1 is 0.500 bits per heavy atom. The standard InChI is InChI=1S/C23H17.2ClH.Zr/c1-4-10-18(11-5-1)21-16-17-22(19-12-6-2-7-13-19)23(21)20-14-8-3-9-15-20;;;/h1-15H,16H2;2*1H;. The van der Waals surface area contributed by atoms with Gasteiger partial charge in [-0.3, -0.25) is 0 Å². The summed E-state index contributed by atoms with van der Waals surface area (Å²) >= 11 is 1.50. The molecule has 3 aromatic rings. The van der Waals surface area contributed by atoms with Crippen LogP contribution in [0.25, 0.3) is 16.7 Å². The first-order chi connectivity index (χ1) is 11.8. The van der Waals surface area contributed by atoms with Crippen molar-refractivity contribution in [2.24, 2.45) is 0 Å². The molecular weight excluding hydrogens is 438 g/mol. The van der Waals surface area contributed by atoms with E-state index in [9.17, 15) is 0 Å². The van der Waals surface area contributed by atoms with E-state index in [1.54, 1.807) is 0 Å². The van der Waals surface area contributed by atoms with E-state index in [0.29, 0.717) is 0 Å². The summed E-state index contributed by atoms with van der Waals surface area (Å²) in [6, 6.07) is 32.5. The quantitative estimate of drug-likeness (QED) is 0.406. The molecule has 0 unspecified atom stereocenters. The molecule has 0 amide bonds. The number of halogens is 2. The molecular formula is C23H19Cl2Zr. The summed E-state index contributed by atoms with van der Waals surface area (Å²) in [5.41, 5.74) is 8.26. The molecule has 0 saturated carbocycles. The molecule has 0 heterocycles. The van der Waals surface area contributed by atoms with Crippen LogP contribution in [0.4, 0.5) is 0 Å². The predicted molar refractivity (Wildman–Crippen MR) is 112 cm³/mol. The fourth-order valence-corrected chi connectivity index (χ4v) is 4.48. The Morgan fingerprint density at radius 3 is 1.35 bits per heavy atom. The second kappa shape index (κ2) is 9.51. The van der Waals surface area contributed by atoms with Crippen molar-refractivity contribution in [2.45, 2.75) is 6.42 Å². The van der Waals surface area contributed by atoms with Crippen LogP contribution in [0.3, 0.4) is 0 Å². The van der Waals surface area contributed by atoms with Gasteiger partial charge in [0.25, 0.3) is 0 Å². The van der Waals surface area contributed by atoms with E-state index in [-0.39, 0.29) is 24.8 Å². The summed E-state index contributed by atoms with van der Waals surface area (Å²) in [6.07, 6.45) is 1.05. The maximum atomic E-state index is 2.23. The topological polar surface area (TPSA) is 0 Å². The molecule has 0 atom stereocenters. The van der Waals surface area contributed by atoms with E-state index in [4.69, 9.17) is 0 Å². The van der Waals surface area contributed by atoms with E-state index in [0.717, 1.165) is 6.42 Å². The fraction of sp³-hybridized carbons (Fsp3) is 0.0435. The van der Waals surface area contributed by atoms with Gasteiger partial charge in [0.1, 0.15) is 0 Å². The molecule has 26 heavy (non-hydrogen) atoms. The van der Waals surface area contributed by atoms with Crippen molar-refractivity contribution in [3.8, 4) is 0 Å². The first-order valence-electron chi connectivity index (χ1n) is 8.19. The van der Waals surface area contributed by atoms with Crippen LogP contribution in [-0.4, -0.2) is 0 Å². The zero-order valence-electron chi connectivity index (χ0n) is 14.2. The van der Waals surface area contributed by atoms with Crippen molar-refractivity contribution < 1.29 is 24.7 Å². The van der Waals surface area contributed by atoms with Crippen LogP contribution in [0.1, 0.15) is 23.1 Å². The van der Waals surface area contributed by atoms with Gasteiger partial charge in [-0.1, -0.05) is 0 Å². The first-order valence-corrected chi connectivity index (χ1v) is 9.42. The number of allylic oxidation sites excluding steroid dienone is 4. The van der Waals surface area contributed by atoms with Gasteiger partial charge in [0.2, 0.25) is 0 Å². The maximum absolute atomic E-state index is 2.23. The molecule has 3 heteroatoms. The van der Waals surface area contributed by atoms with Crippen molar-refractivity contribution in [3.63, 3.8) is 0 Å². The molecule has 0 radical (unpaired) electrons. The van der Waals surface area contributed by atoms with Crippen molar-refractivity contribution in [3.05, 3.63) is 111 Å². The molecule has 1 aliphatic carbocycles. The Bertz CT molecular complexity index is 914. The molecule has 0 aromatic heterocycles. The van der Waals surface area contributed by atoms with Crippen LogP contribution in [-0.2, 0) is 24.7 Å². The molecule has 0 aliphatic heterocycles. The van der Waals surface area contributed by atoms with E-state index in [1.807, 2.05) is 0 Å². The molecule has 129 valence electrons. The van der Waals surface area contributed by atoms with Crippen LogP contribution in [0.2, 0.25) is 0 Å². The Hall–Kier alpha value is -1.40. The summed E-state index contributed by atoms with van der Waals surface area (Å²) in [5, 5.41) is 0. The van der Waals surface area contributed by atoms with Crippen LogP contribution in [0, 0.1) is 0 Å². The Kier molecular flexibility index (Phi) is 7.65. The van der Waals surface area contributed by atoms with Crippen LogP contribution < -0.4 is 0 Å². The SMILES string of the molecule is Cl.Cl.[Zr][C]1=C(c2ccccc2)C(c2ccccc2)=C(c2ccccc2)C1. The normalized spacial score (nSPS) is 13.2. The average molecular weight is 458 g/mol. The Balaban J connectivity index is 0.00000121. The van der Waals surface area contributed by atoms with Crippen molar-refractivity contribution >= 4 is 41.5 Å². The van der Waals surface area contributed by atoms with Crippen molar-refractivity contribution in [1.82, 2.24) is 0 Å². The van der Waals surface area contributed by atoms with Crippen LogP contribution in [0.15, 0.2) is 94.3 Å². The van der Waals surface area contributed by atoms with Gasteiger partial charge in [0, 0.05) is 0 Å². The minimum absolute atomic E-state index is 0. The van der Waals surface area contributed by atoms with Gasteiger partial charge in [0.05, 0.1) is 0 Å². The van der Waals surface area contributed by atoms with Crippen molar-refractivity contribution in [2.75, 3.05) is 0 Å². The molecule has 0 fully saturated rings. The Morgan fingerprint density at radius 2 is 0.885 bits per heavy atom. The van der Waals surface area contributed by atoms with E-state index < -0.39 is 0 Å². The molecule has 0 saturated heterocycles. The number of benzene rings is 3. The van der Waals surface area contributed by atoms with Gasteiger partial charge in [0.15, 0.2) is 0 Å². The number of hydrogen-bond acceptors (Lipinski definition) is 0. The van der Waals surface area contributed by atoms with E-state index in [1.165, 1.54) is 61.4 Å². The van der Waals surface area contributed by atoms with E-state index >= 15 is 0 Å². The fourth-order valence-electron chi connectivity index (χ4n) is 3.39. The van der Waals surface area contributed by atoms with Gasteiger partial charge < -0.3 is 0 Å². The second-order valence-electron chi connectivity index (χ2n) is 5.98. The molecule has 0 nitrogen and oxygen atoms in total. The van der Waals surface area contributed by atoms with Crippen LogP contribution in [0.5, 0.6) is 0 Å². The Labute approximate surface area is 182 Å². The third-order valence-corrected chi connectivity index (χ3v) is 5.50. The van der Waals surface area contributed by atoms with Gasteiger partial charge in [-0.15, -0.1) is 24.8 Å².